The van der Waals surface area contributed by atoms with Gasteiger partial charge in [-0.3, -0.25) is 30.7 Å². The summed E-state index contributed by atoms with van der Waals surface area (Å²) in [5.41, 5.74) is 10.3. The third-order valence-corrected chi connectivity index (χ3v) is 9.63. The van der Waals surface area contributed by atoms with Gasteiger partial charge in [0.25, 0.3) is 23.8 Å². The number of aliphatic hydroxyl groups excluding tert-OH is 1. The summed E-state index contributed by atoms with van der Waals surface area (Å²) < 4.78 is 14.7. The Labute approximate surface area is 430 Å². The number of nitrogens with one attached hydrogen (secondary N) is 6. The minimum atomic E-state index is -0.653. The van der Waals surface area contributed by atoms with E-state index in [1.807, 2.05) is 12.1 Å². The number of anilines is 3. The Hall–Kier alpha value is -9.22. The van der Waals surface area contributed by atoms with E-state index in [-0.39, 0.29) is 54.3 Å². The molecule has 390 valence electrons. The first-order valence-electron chi connectivity index (χ1n) is 22.2. The Kier molecular flexibility index (Phi) is 21.7. The van der Waals surface area contributed by atoms with E-state index in [0.29, 0.717) is 41.0 Å². The van der Waals surface area contributed by atoms with E-state index in [1.165, 1.54) is 13.5 Å². The van der Waals surface area contributed by atoms with Crippen LogP contribution in [0, 0.1) is 0 Å². The smallest absolute Gasteiger partial charge is 0.357 e. The number of esters is 2. The fourth-order valence-electron chi connectivity index (χ4n) is 6.27. The predicted octanol–water partition coefficient (Wildman–Crippen LogP) is 4.72. The lowest BCUT2D eigenvalue weighted by atomic mass is 10.1. The molecule has 0 saturated carbocycles. The molecule has 29 heteroatoms. The van der Waals surface area contributed by atoms with Gasteiger partial charge in [-0.05, 0) is 94.3 Å². The van der Waals surface area contributed by atoms with Gasteiger partial charge >= 0.3 is 30.0 Å². The van der Waals surface area contributed by atoms with Crippen LogP contribution in [0.1, 0.15) is 66.1 Å². The van der Waals surface area contributed by atoms with Gasteiger partial charge in [-0.25, -0.2) is 37.5 Å². The van der Waals surface area contributed by atoms with E-state index in [4.69, 9.17) is 20.3 Å². The molecule has 8 rings (SSSR count). The van der Waals surface area contributed by atoms with Gasteiger partial charge in [0.15, 0.2) is 28.3 Å². The van der Waals surface area contributed by atoms with Gasteiger partial charge in [-0.1, -0.05) is 28.1 Å². The average molecular weight is 1080 g/mol. The van der Waals surface area contributed by atoms with Crippen LogP contribution >= 0.6 is 15.9 Å². The molecule has 0 aliphatic heterocycles. The van der Waals surface area contributed by atoms with Crippen LogP contribution in [0.15, 0.2) is 89.9 Å². The second-order valence-electron chi connectivity index (χ2n) is 14.2. The number of nitrogens with zero attached hydrogens (tertiary/aromatic N) is 11. The van der Waals surface area contributed by atoms with Gasteiger partial charge in [-0.2, -0.15) is 15.0 Å². The number of primary amides is 1. The van der Waals surface area contributed by atoms with Gasteiger partial charge in [0.05, 0.1) is 13.2 Å². The fraction of sp³-hybridized carbons (Fsp3) is 0.244. The zero-order valence-electron chi connectivity index (χ0n) is 40.9. The molecule has 0 radical (unpaired) electrons. The number of aromatic nitrogens is 11. The summed E-state index contributed by atoms with van der Waals surface area (Å²) in [5.74, 6) is -1.43. The molecule has 28 nitrogen and oxygen atoms in total. The van der Waals surface area contributed by atoms with E-state index in [2.05, 4.69) is 88.0 Å². The Bertz CT molecular complexity index is 3210. The topological polar surface area (TPSA) is 391 Å². The van der Waals surface area contributed by atoms with Gasteiger partial charge in [0, 0.05) is 67.1 Å². The summed E-state index contributed by atoms with van der Waals surface area (Å²) in [4.78, 5) is 91.5. The fourth-order valence-corrected chi connectivity index (χ4v) is 6.70. The molecule has 0 bridgehead atoms. The predicted molar refractivity (Wildman–Crippen MR) is 275 cm³/mol. The average Bonchev–Trinajstić information content (AvgIpc) is 4.10. The van der Waals surface area contributed by atoms with E-state index in [0.717, 1.165) is 29.4 Å². The first-order chi connectivity index (χ1) is 35.2. The van der Waals surface area contributed by atoms with Crippen molar-refractivity contribution in [2.45, 2.75) is 34.6 Å². The minimum absolute atomic E-state index is 0. The highest BCUT2D eigenvalue weighted by Crippen LogP contribution is 2.24. The van der Waals surface area contributed by atoms with E-state index in [1.54, 1.807) is 108 Å². The summed E-state index contributed by atoms with van der Waals surface area (Å²) in [6.45, 7) is 10.8. The largest absolute Gasteiger partial charge is 0.461 e. The molecule has 0 aliphatic rings. The van der Waals surface area contributed by atoms with Crippen LogP contribution in [-0.2, 0) is 9.47 Å². The number of pyridine rings is 5. The van der Waals surface area contributed by atoms with Crippen LogP contribution in [0.3, 0.4) is 0 Å². The second kappa shape index (κ2) is 28.0. The Balaban J connectivity index is 0.000000236. The summed E-state index contributed by atoms with van der Waals surface area (Å²) >= 11 is 3.30. The highest BCUT2D eigenvalue weighted by molar-refractivity contribution is 9.10. The molecule has 0 atom stereocenters. The first kappa shape index (κ1) is 57.4. The Morgan fingerprint density at radius 3 is 1.27 bits per heavy atom. The quantitative estimate of drug-likeness (QED) is 0.0705. The number of aliphatic hydroxyl groups is 1. The molecule has 0 saturated heterocycles. The third-order valence-electron chi connectivity index (χ3n) is 9.18. The van der Waals surface area contributed by atoms with Crippen molar-refractivity contribution >= 4 is 86.7 Å². The maximum absolute atomic E-state index is 12.4. The number of carbonyl (C=O) groups excluding carboxylic acids is 6. The van der Waals surface area contributed by atoms with Crippen LogP contribution in [0.2, 0.25) is 0 Å². The number of fused-ring (bicyclic) bond motifs is 3. The van der Waals surface area contributed by atoms with Gasteiger partial charge in [-0.15, -0.1) is 15.3 Å². The number of halogens is 1. The molecule has 74 heavy (non-hydrogen) atoms. The van der Waals surface area contributed by atoms with E-state index >= 15 is 0 Å². The number of amides is 7. The summed E-state index contributed by atoms with van der Waals surface area (Å²) in [7, 11) is 1.00. The molecule has 12 N–H and O–H groups in total. The SMILES string of the molecule is CCNC(=O)Nc1nc2cc(-c3cccnc3)cc(C(=O)OCC)n2n1.CCNC(=O)Nc1nc2cc(-c3cccnc3)cc(C(N)=O)n2n1.CCNC(=O)Nc1nc2cc(Br)cc(C(=O)OCC)n2n1.CO.N. The number of urea groups is 3. The van der Waals surface area contributed by atoms with Crippen molar-refractivity contribution in [3.8, 4) is 22.3 Å². The highest BCUT2D eigenvalue weighted by Gasteiger charge is 2.20. The molecule has 8 heterocycles. The monoisotopic (exact) mass is 1080 g/mol. The van der Waals surface area contributed by atoms with Gasteiger partial charge < -0.3 is 42.4 Å². The second-order valence-corrected chi connectivity index (χ2v) is 15.1. The van der Waals surface area contributed by atoms with Gasteiger partial charge in [0.1, 0.15) is 5.69 Å². The summed E-state index contributed by atoms with van der Waals surface area (Å²) in [6, 6.07) is 16.1. The van der Waals surface area contributed by atoms with Crippen molar-refractivity contribution in [3.63, 3.8) is 0 Å². The van der Waals surface area contributed by atoms with Crippen molar-refractivity contribution in [2.75, 3.05) is 55.9 Å². The first-order valence-corrected chi connectivity index (χ1v) is 23.0. The van der Waals surface area contributed by atoms with Gasteiger partial charge in [0.2, 0.25) is 0 Å². The number of hydrogen-bond donors (Lipinski definition) is 9. The highest BCUT2D eigenvalue weighted by atomic mass is 79.9. The number of ether oxygens (including phenoxy) is 2. The zero-order chi connectivity index (χ0) is 53.0. The number of hydrogen-bond acceptors (Lipinski definition) is 18. The lowest BCUT2D eigenvalue weighted by Crippen LogP contribution is -2.28. The van der Waals surface area contributed by atoms with Crippen LogP contribution in [0.4, 0.5) is 32.2 Å². The van der Waals surface area contributed by atoms with Crippen molar-refractivity contribution in [3.05, 3.63) is 107 Å². The molecular formula is C45H54BrN19O9. The van der Waals surface area contributed by atoms with Crippen molar-refractivity contribution in [1.82, 2.24) is 75.9 Å². The van der Waals surface area contributed by atoms with Crippen LogP contribution in [0.25, 0.3) is 39.2 Å². The van der Waals surface area contributed by atoms with Crippen LogP contribution in [0.5, 0.6) is 0 Å². The molecule has 0 aliphatic carbocycles. The molecule has 0 fully saturated rings. The maximum Gasteiger partial charge on any atom is 0.357 e. The maximum atomic E-state index is 12.4. The molecule has 8 aromatic heterocycles. The van der Waals surface area contributed by atoms with E-state index < -0.39 is 35.9 Å². The van der Waals surface area contributed by atoms with Crippen molar-refractivity contribution in [1.29, 1.82) is 0 Å². The number of carbonyl (C=O) groups is 6. The normalized spacial score (nSPS) is 10.2. The standard InChI is InChI=1S/C17H18N6O3.C15H15N7O2.C12H14BrN5O3.CH4O.H3N/c1-3-19-17(25)21-16-20-14-9-12(11-6-5-7-18-10-11)8-13(23(14)22-16)15(24)26-4-2;1-2-18-15(24)20-14-19-12-7-10(9-4-3-5-17-8-9)6-11(13(16)23)22(12)21-14;1-3-14-12(20)16-11-15-9-6-7(13)5-8(18(9)17-11)10(19)21-4-2;1-2;/h5-10H,3-4H2,1-2H3,(H2,19,21,22,25);3-8H,2H2,1H3,(H2,16,23)(H2,18,20,21,24);5-6H,3-4H2,1-2H3,(H2,14,16,17,20);2H,1H3;1H3. The Morgan fingerprint density at radius 1 is 0.554 bits per heavy atom. The van der Waals surface area contributed by atoms with Crippen molar-refractivity contribution < 1.29 is 43.3 Å². The number of nitrogens with two attached hydrogens (primary N) is 1. The summed E-state index contributed by atoms with van der Waals surface area (Å²) in [6.07, 6.45) is 6.67. The molecule has 0 unspecified atom stereocenters. The Morgan fingerprint density at radius 2 is 0.919 bits per heavy atom. The lowest BCUT2D eigenvalue weighted by molar-refractivity contribution is 0.0506. The minimum Gasteiger partial charge on any atom is -0.461 e. The zero-order valence-corrected chi connectivity index (χ0v) is 42.5. The van der Waals surface area contributed by atoms with Crippen LogP contribution < -0.4 is 43.8 Å². The molecule has 8 aromatic rings. The summed E-state index contributed by atoms with van der Waals surface area (Å²) in [5, 5.41) is 34.6. The van der Waals surface area contributed by atoms with Crippen molar-refractivity contribution in [2.24, 2.45) is 5.73 Å². The van der Waals surface area contributed by atoms with E-state index in [9.17, 15) is 28.8 Å². The molecule has 7 amide bonds. The van der Waals surface area contributed by atoms with Crippen LogP contribution in [-0.4, -0.2) is 135 Å². The molecule has 0 aromatic carbocycles. The molecule has 0 spiro atoms. The number of rotatable bonds is 13. The third kappa shape index (κ3) is 15.1. The lowest BCUT2D eigenvalue weighted by Gasteiger charge is -2.07. The molecular weight excluding hydrogens is 1030 g/mol.